The van der Waals surface area contributed by atoms with E-state index >= 15 is 0 Å². The highest BCUT2D eigenvalue weighted by molar-refractivity contribution is 6.00. The highest BCUT2D eigenvalue weighted by atomic mass is 16.3. The fourth-order valence-electron chi connectivity index (χ4n) is 5.78. The molecule has 3 rings (SSSR count). The lowest BCUT2D eigenvalue weighted by Crippen LogP contribution is -2.57. The minimum absolute atomic E-state index is 0.0815. The van der Waals surface area contributed by atoms with Crippen molar-refractivity contribution in [1.29, 1.82) is 0 Å². The Balaban J connectivity index is 2.15. The van der Waals surface area contributed by atoms with Gasteiger partial charge in [-0.3, -0.25) is 4.79 Å². The molecule has 0 heterocycles. The number of hydrogen-bond donors (Lipinski definition) is 2. The van der Waals surface area contributed by atoms with Crippen molar-refractivity contribution >= 4 is 5.78 Å². The Hall–Kier alpha value is -1.09. The van der Waals surface area contributed by atoms with Crippen LogP contribution in [0, 0.1) is 22.2 Å². The van der Waals surface area contributed by atoms with E-state index in [2.05, 4.69) is 19.9 Å². The fourth-order valence-corrected chi connectivity index (χ4v) is 5.78. The summed E-state index contributed by atoms with van der Waals surface area (Å²) in [5.41, 5.74) is 1.05. The van der Waals surface area contributed by atoms with Crippen LogP contribution in [0.25, 0.3) is 0 Å². The standard InChI is InChI=1S/C19H28O3/c1-17(2)13-8-9-18(3)14(6-5-7-15(18)21)19(13,4)10-12(11-20)16(17)22/h6,11,13,15,20-21H,5,7-10H2,1-4H3/b12-11-/t13-,15+,18+,19-/m0/s1. The molecule has 0 amide bonds. The van der Waals surface area contributed by atoms with Gasteiger partial charge in [0.1, 0.15) is 0 Å². The Labute approximate surface area is 133 Å². The molecule has 3 aliphatic rings. The second kappa shape index (κ2) is 4.70. The molecule has 0 radical (unpaired) electrons. The molecular formula is C19H28O3. The number of fused-ring (bicyclic) bond motifs is 3. The molecule has 22 heavy (non-hydrogen) atoms. The lowest BCUT2D eigenvalue weighted by molar-refractivity contribution is -0.137. The van der Waals surface area contributed by atoms with Gasteiger partial charge in [-0.25, -0.2) is 0 Å². The molecule has 0 unspecified atom stereocenters. The summed E-state index contributed by atoms with van der Waals surface area (Å²) in [7, 11) is 0. The van der Waals surface area contributed by atoms with E-state index in [4.69, 9.17) is 0 Å². The van der Waals surface area contributed by atoms with Crippen molar-refractivity contribution in [3.05, 3.63) is 23.5 Å². The predicted octanol–water partition coefficient (Wildman–Crippen LogP) is 3.93. The zero-order valence-corrected chi connectivity index (χ0v) is 14.1. The smallest absolute Gasteiger partial charge is 0.167 e. The summed E-state index contributed by atoms with van der Waals surface area (Å²) in [6, 6.07) is 0. The van der Waals surface area contributed by atoms with Crippen molar-refractivity contribution < 1.29 is 15.0 Å². The number of carbonyl (C=O) groups excluding carboxylic acids is 1. The molecule has 122 valence electrons. The van der Waals surface area contributed by atoms with Crippen molar-refractivity contribution in [1.82, 2.24) is 0 Å². The van der Waals surface area contributed by atoms with E-state index in [1.807, 2.05) is 13.8 Å². The minimum Gasteiger partial charge on any atom is -0.515 e. The molecule has 2 N–H and O–H groups in total. The SMILES string of the molecule is CC1(C)C(=O)/C(=C\O)C[C@]2(C)C3=CCC[C@@H](O)[C@]3(C)CC[C@@H]12. The third-order valence-corrected chi connectivity index (χ3v) is 6.94. The van der Waals surface area contributed by atoms with E-state index in [9.17, 15) is 15.0 Å². The highest BCUT2D eigenvalue weighted by Crippen LogP contribution is 2.65. The van der Waals surface area contributed by atoms with Gasteiger partial charge in [-0.15, -0.1) is 0 Å². The number of ketones is 1. The van der Waals surface area contributed by atoms with Crippen LogP contribution in [0.5, 0.6) is 0 Å². The summed E-state index contributed by atoms with van der Waals surface area (Å²) in [6.07, 6.45) is 7.23. The normalized spacial score (nSPS) is 46.0. The Morgan fingerprint density at radius 3 is 2.50 bits per heavy atom. The van der Waals surface area contributed by atoms with Gasteiger partial charge < -0.3 is 10.2 Å². The second-order valence-electron chi connectivity index (χ2n) is 8.52. The maximum Gasteiger partial charge on any atom is 0.167 e. The lowest BCUT2D eigenvalue weighted by atomic mass is 9.43. The first-order chi connectivity index (χ1) is 10.2. The van der Waals surface area contributed by atoms with Crippen molar-refractivity contribution in [3.8, 4) is 0 Å². The Morgan fingerprint density at radius 1 is 1.18 bits per heavy atom. The van der Waals surface area contributed by atoms with Gasteiger partial charge in [0.15, 0.2) is 5.78 Å². The van der Waals surface area contributed by atoms with Gasteiger partial charge in [-0.2, -0.15) is 0 Å². The molecule has 0 bridgehead atoms. The molecular weight excluding hydrogens is 276 g/mol. The van der Waals surface area contributed by atoms with Gasteiger partial charge >= 0.3 is 0 Å². The summed E-state index contributed by atoms with van der Waals surface area (Å²) in [5.74, 6) is 0.346. The topological polar surface area (TPSA) is 57.5 Å². The van der Waals surface area contributed by atoms with Crippen LogP contribution in [0.3, 0.4) is 0 Å². The van der Waals surface area contributed by atoms with Crippen LogP contribution in [-0.2, 0) is 4.79 Å². The molecule has 4 atom stereocenters. The van der Waals surface area contributed by atoms with Crippen LogP contribution in [0.15, 0.2) is 23.5 Å². The van der Waals surface area contributed by atoms with Gasteiger partial charge in [0, 0.05) is 16.4 Å². The lowest BCUT2D eigenvalue weighted by Gasteiger charge is -2.61. The summed E-state index contributed by atoms with van der Waals surface area (Å²) in [4.78, 5) is 12.7. The summed E-state index contributed by atoms with van der Waals surface area (Å²) < 4.78 is 0. The van der Waals surface area contributed by atoms with E-state index in [0.29, 0.717) is 12.0 Å². The van der Waals surface area contributed by atoms with Crippen molar-refractivity contribution in [2.45, 2.75) is 65.9 Å². The zero-order chi connectivity index (χ0) is 16.3. The molecule has 3 aliphatic carbocycles. The molecule has 0 saturated heterocycles. The molecule has 0 aliphatic heterocycles. The van der Waals surface area contributed by atoms with Crippen molar-refractivity contribution in [2.75, 3.05) is 0 Å². The maximum atomic E-state index is 12.7. The first kappa shape index (κ1) is 15.8. The van der Waals surface area contributed by atoms with Crippen LogP contribution in [0.1, 0.15) is 59.8 Å². The number of hydrogen-bond acceptors (Lipinski definition) is 3. The summed E-state index contributed by atoms with van der Waals surface area (Å²) >= 11 is 0. The number of Topliss-reactive ketones (excluding diaryl/α,β-unsaturated/α-hetero) is 1. The average molecular weight is 304 g/mol. The first-order valence-corrected chi connectivity index (χ1v) is 8.45. The quantitative estimate of drug-likeness (QED) is 0.405. The van der Waals surface area contributed by atoms with Gasteiger partial charge in [0.2, 0.25) is 0 Å². The van der Waals surface area contributed by atoms with Crippen LogP contribution in [-0.4, -0.2) is 22.1 Å². The number of carbonyl (C=O) groups is 1. The molecule has 0 spiro atoms. The number of rotatable bonds is 0. The first-order valence-electron chi connectivity index (χ1n) is 8.45. The van der Waals surface area contributed by atoms with Crippen molar-refractivity contribution in [2.24, 2.45) is 22.2 Å². The molecule has 2 fully saturated rings. The largest absolute Gasteiger partial charge is 0.515 e. The summed E-state index contributed by atoms with van der Waals surface area (Å²) in [5, 5.41) is 20.2. The number of aliphatic hydroxyl groups excluding tert-OH is 2. The van der Waals surface area contributed by atoms with Gasteiger partial charge in [0.05, 0.1) is 12.4 Å². The van der Waals surface area contributed by atoms with E-state index < -0.39 is 5.41 Å². The molecule has 2 saturated carbocycles. The Bertz CT molecular complexity index is 571. The minimum atomic E-state index is -0.466. The van der Waals surface area contributed by atoms with E-state index in [1.165, 1.54) is 5.57 Å². The average Bonchev–Trinajstić information content (AvgIpc) is 2.45. The van der Waals surface area contributed by atoms with Crippen molar-refractivity contribution in [3.63, 3.8) is 0 Å². The fraction of sp³-hybridized carbons (Fsp3) is 0.737. The third-order valence-electron chi connectivity index (χ3n) is 6.94. The molecule has 0 aromatic heterocycles. The van der Waals surface area contributed by atoms with Crippen LogP contribution in [0.2, 0.25) is 0 Å². The zero-order valence-electron chi connectivity index (χ0n) is 14.1. The number of aliphatic hydroxyl groups is 2. The Kier molecular flexibility index (Phi) is 3.38. The third kappa shape index (κ3) is 1.81. The van der Waals surface area contributed by atoms with Crippen LogP contribution < -0.4 is 0 Å². The van der Waals surface area contributed by atoms with Gasteiger partial charge in [-0.05, 0) is 43.4 Å². The van der Waals surface area contributed by atoms with Crippen LogP contribution >= 0.6 is 0 Å². The summed E-state index contributed by atoms with van der Waals surface area (Å²) in [6.45, 7) is 8.44. The predicted molar refractivity (Wildman–Crippen MR) is 86.4 cm³/mol. The van der Waals surface area contributed by atoms with E-state index in [1.54, 1.807) is 0 Å². The van der Waals surface area contributed by atoms with Gasteiger partial charge in [0.25, 0.3) is 0 Å². The number of allylic oxidation sites excluding steroid dienone is 2. The van der Waals surface area contributed by atoms with Crippen LogP contribution in [0.4, 0.5) is 0 Å². The maximum absolute atomic E-state index is 12.7. The Morgan fingerprint density at radius 2 is 1.86 bits per heavy atom. The molecule has 0 aromatic rings. The molecule has 0 aromatic carbocycles. The van der Waals surface area contributed by atoms with E-state index in [-0.39, 0.29) is 28.6 Å². The second-order valence-corrected chi connectivity index (χ2v) is 8.52. The monoisotopic (exact) mass is 304 g/mol. The molecule has 3 nitrogen and oxygen atoms in total. The molecule has 3 heteroatoms. The van der Waals surface area contributed by atoms with E-state index in [0.717, 1.165) is 31.9 Å². The highest BCUT2D eigenvalue weighted by Gasteiger charge is 2.61. The van der Waals surface area contributed by atoms with Gasteiger partial charge in [-0.1, -0.05) is 39.3 Å².